The Morgan fingerprint density at radius 2 is 1.23 bits per heavy atom. The largest absolute Gasteiger partial charge is 0.361 e. The Bertz CT molecular complexity index is 3640. The number of aromatic amines is 3. The minimum Gasteiger partial charge on any atom is -0.361 e. The van der Waals surface area contributed by atoms with Gasteiger partial charge in [-0.05, 0) is 120 Å². The number of carbonyl (C=O) groups is 2. The number of ketones is 2. The zero-order chi connectivity index (χ0) is 54.6. The number of aryl methyl sites for hydroxylation is 2. The van der Waals surface area contributed by atoms with Gasteiger partial charge in [0.05, 0.1) is 37.2 Å². The van der Waals surface area contributed by atoms with Crippen molar-refractivity contribution in [2.45, 2.75) is 66.5 Å². The number of nitriles is 2. The molecular weight excluding hydrogens is 954 g/mol. The van der Waals surface area contributed by atoms with E-state index in [1.165, 1.54) is 41.2 Å². The van der Waals surface area contributed by atoms with Crippen molar-refractivity contribution < 1.29 is 22.2 Å². The molecule has 0 aliphatic rings. The third-order valence-electron chi connectivity index (χ3n) is 9.87. The van der Waals surface area contributed by atoms with Crippen molar-refractivity contribution in [2.75, 3.05) is 6.26 Å². The molecule has 0 spiro atoms. The van der Waals surface area contributed by atoms with Crippen LogP contribution in [0.15, 0.2) is 104 Å². The van der Waals surface area contributed by atoms with E-state index in [-0.39, 0.29) is 59.1 Å². The first-order valence-electron chi connectivity index (χ1n) is 21.6. The first-order valence-corrected chi connectivity index (χ1v) is 23.4. The third-order valence-corrected chi connectivity index (χ3v) is 10.4. The molecule has 1 radical (unpaired) electrons. The average Bonchev–Trinajstić information content (AvgIpc) is 3.34. The number of H-pyrrole nitrogens is 3. The summed E-state index contributed by atoms with van der Waals surface area (Å²) in [6, 6.07) is 20.3. The summed E-state index contributed by atoms with van der Waals surface area (Å²) >= 11 is 0. The minimum absolute atomic E-state index is 0.000405. The standard InChI is InChI=1S/C25H21N5O3.C18H17N3O3.C8H8N2O3S.BHN/c1-15(2)21-22(23(31)19-11-16(3)10-17(12-19)6-5-8-26)30(25(33)29-24(21)32)14-18-7-9-28-20(13-18)27-4;1-10(2)14-15(20-18(24)21-17(14)23)16(22)13-8-11(3)7-12(9-13)5-4-6-19;1-9-8-5-7(3-4-10-8)6-13-14(2,11)12;1-2/h5-7,9-13,15H,14H2,1-3H3,(H,29,32,33);4-5,7-10H,1-3H3,(H2,20,21,23,24);3-5H,6H2,2H3;2H/b6-5+;5-4+;;. The van der Waals surface area contributed by atoms with Gasteiger partial charge in [-0.2, -0.15) is 18.9 Å². The fraction of sp³-hybridized carbons (Fsp3) is 0.216. The number of benzene rings is 2. The summed E-state index contributed by atoms with van der Waals surface area (Å²) in [4.78, 5) is 96.7. The summed E-state index contributed by atoms with van der Waals surface area (Å²) in [5, 5.41) is 22.7. The molecule has 0 bridgehead atoms. The van der Waals surface area contributed by atoms with Crippen LogP contribution in [0.1, 0.15) is 116 Å². The van der Waals surface area contributed by atoms with E-state index < -0.39 is 44.2 Å². The molecule has 0 unspecified atom stereocenters. The van der Waals surface area contributed by atoms with Crippen molar-refractivity contribution in [2.24, 2.45) is 0 Å². The maximum atomic E-state index is 13.7. The second-order valence-corrected chi connectivity index (χ2v) is 17.8. The number of aromatic nitrogens is 6. The number of allylic oxidation sites excluding steroid dienone is 2. The van der Waals surface area contributed by atoms with Gasteiger partial charge < -0.3 is 14.7 Å². The second-order valence-electron chi connectivity index (χ2n) is 16.2. The molecule has 0 aliphatic heterocycles. The van der Waals surface area contributed by atoms with Crippen LogP contribution in [0.4, 0.5) is 11.6 Å². The molecule has 0 fully saturated rings. The summed E-state index contributed by atoms with van der Waals surface area (Å²) in [7, 11) is 0.310. The van der Waals surface area contributed by atoms with Crippen LogP contribution in [-0.2, 0) is 27.5 Å². The Morgan fingerprint density at radius 1 is 0.753 bits per heavy atom. The molecule has 0 saturated heterocycles. The van der Waals surface area contributed by atoms with E-state index in [1.807, 2.05) is 38.1 Å². The smallest absolute Gasteiger partial charge is 0.329 e. The van der Waals surface area contributed by atoms with E-state index in [9.17, 15) is 37.2 Å². The van der Waals surface area contributed by atoms with Crippen LogP contribution in [0, 0.1) is 55.0 Å². The molecule has 0 saturated carbocycles. The number of pyridine rings is 2. The van der Waals surface area contributed by atoms with Crippen molar-refractivity contribution in [1.29, 1.82) is 15.8 Å². The number of hydrogen-bond acceptors (Lipinski definition) is 14. The van der Waals surface area contributed by atoms with Crippen LogP contribution in [0.2, 0.25) is 0 Å². The third kappa shape index (κ3) is 16.9. The molecular formula is C51H47BN11O9S. The van der Waals surface area contributed by atoms with E-state index in [0.717, 1.165) is 17.4 Å². The number of nitrogens with one attached hydrogen (secondary N) is 4. The summed E-state index contributed by atoms with van der Waals surface area (Å²) in [5.74, 6) is -1.09. The Labute approximate surface area is 420 Å². The fourth-order valence-corrected chi connectivity index (χ4v) is 7.31. The Balaban J connectivity index is 0.000000307. The van der Waals surface area contributed by atoms with Crippen molar-refractivity contribution in [3.8, 4) is 12.1 Å². The maximum Gasteiger partial charge on any atom is 0.329 e. The predicted octanol–water partition coefficient (Wildman–Crippen LogP) is 7.02. The van der Waals surface area contributed by atoms with Gasteiger partial charge in [0.1, 0.15) is 18.1 Å². The van der Waals surface area contributed by atoms with Crippen molar-refractivity contribution in [1.82, 2.24) is 29.5 Å². The number of carbonyl (C=O) groups excluding carboxylic acids is 2. The summed E-state index contributed by atoms with van der Waals surface area (Å²) in [6.07, 6.45) is 9.67. The van der Waals surface area contributed by atoms with Crippen molar-refractivity contribution in [3.63, 3.8) is 0 Å². The van der Waals surface area contributed by atoms with Crippen LogP contribution in [0.3, 0.4) is 0 Å². The van der Waals surface area contributed by atoms with Gasteiger partial charge in [0, 0.05) is 34.4 Å². The molecule has 6 rings (SSSR count). The van der Waals surface area contributed by atoms with E-state index >= 15 is 0 Å². The molecule has 0 aliphatic carbocycles. The first kappa shape index (κ1) is 58.0. The molecule has 369 valence electrons. The van der Waals surface area contributed by atoms with Crippen molar-refractivity contribution >= 4 is 53.1 Å². The molecule has 2 aromatic carbocycles. The fourth-order valence-electron chi connectivity index (χ4n) is 6.96. The molecule has 0 amide bonds. The van der Waals surface area contributed by atoms with Gasteiger partial charge in [-0.1, -0.05) is 53.0 Å². The van der Waals surface area contributed by atoms with Crippen LogP contribution in [0.25, 0.3) is 21.8 Å². The van der Waals surface area contributed by atoms with Gasteiger partial charge in [-0.3, -0.25) is 37.9 Å². The van der Waals surface area contributed by atoms with E-state index in [4.69, 9.17) is 29.0 Å². The molecule has 4 heterocycles. The van der Waals surface area contributed by atoms with Crippen LogP contribution in [-0.4, -0.2) is 63.4 Å². The van der Waals surface area contributed by atoms with Gasteiger partial charge in [0.25, 0.3) is 32.9 Å². The van der Waals surface area contributed by atoms with E-state index in [0.29, 0.717) is 33.4 Å². The summed E-state index contributed by atoms with van der Waals surface area (Å²) in [5.41, 5.74) is 2.65. The van der Waals surface area contributed by atoms with Gasteiger partial charge >= 0.3 is 24.3 Å². The van der Waals surface area contributed by atoms with E-state index in [1.54, 1.807) is 76.2 Å². The average molecular weight is 1000 g/mol. The minimum atomic E-state index is -3.44. The molecule has 4 N–H and O–H groups in total. The number of rotatable bonds is 13. The summed E-state index contributed by atoms with van der Waals surface area (Å²) < 4.78 is 27.1. The predicted molar refractivity (Wildman–Crippen MR) is 274 cm³/mol. The maximum absolute atomic E-state index is 13.7. The van der Waals surface area contributed by atoms with Crippen LogP contribution >= 0.6 is 0 Å². The number of nitrogens with zero attached hydrogens (tertiary/aromatic N) is 7. The Kier molecular flexibility index (Phi) is 21.6. The van der Waals surface area contributed by atoms with Gasteiger partial charge in [-0.25, -0.2) is 9.59 Å². The topological polar surface area (TPSA) is 304 Å². The quantitative estimate of drug-likeness (QED) is 0.0298. The van der Waals surface area contributed by atoms with E-state index in [2.05, 4.69) is 46.4 Å². The molecule has 20 nitrogen and oxygen atoms in total. The zero-order valence-corrected chi connectivity index (χ0v) is 41.4. The van der Waals surface area contributed by atoms with Gasteiger partial charge in [-0.15, -0.1) is 9.97 Å². The molecule has 0 atom stereocenters. The monoisotopic (exact) mass is 1000 g/mol. The Morgan fingerprint density at radius 3 is 1.71 bits per heavy atom. The zero-order valence-electron chi connectivity index (χ0n) is 40.6. The second kappa shape index (κ2) is 27.2. The SMILES string of the molecule is Cc1cc(/C=C/C#N)cc(C(=O)c2[nH]c(=O)[nH]c(=O)c2C(C)C)c1.[B]=N.[C-]#[N+]c1cc(COS(C)(=O)=O)ccn1.[C-]#[N+]c1cc(Cn2c(C(=O)c3cc(C)cc(/C=C/C#N)c3)c(C(C)C)c(=O)[nH]c2=O)ccn1. The van der Waals surface area contributed by atoms with Crippen molar-refractivity contribution in [3.05, 3.63) is 217 Å². The van der Waals surface area contributed by atoms with Crippen LogP contribution < -0.4 is 22.5 Å². The van der Waals surface area contributed by atoms with Crippen LogP contribution in [0.5, 0.6) is 0 Å². The Hall–Kier alpha value is -9.35. The van der Waals surface area contributed by atoms with Gasteiger partial charge in [0.15, 0.2) is 0 Å². The van der Waals surface area contributed by atoms with Gasteiger partial charge in [0.2, 0.25) is 11.6 Å². The normalized spacial score (nSPS) is 10.6. The molecule has 4 aromatic heterocycles. The first-order chi connectivity index (χ1) is 34.6. The molecule has 73 heavy (non-hydrogen) atoms. The molecule has 22 heteroatoms. The number of hydrogen-bond donors (Lipinski definition) is 4. The summed E-state index contributed by atoms with van der Waals surface area (Å²) in [6.45, 7) is 24.5. The molecule has 6 aromatic rings.